The molecule has 2 aliphatic rings. The maximum absolute atomic E-state index is 15.1. The first kappa shape index (κ1) is 55.8. The van der Waals surface area contributed by atoms with E-state index in [0.717, 1.165) is 61.8 Å². The van der Waals surface area contributed by atoms with Crippen molar-refractivity contribution in [2.24, 2.45) is 34.0 Å². The number of nitrogens with one attached hydrogen (secondary N) is 2. The molecule has 2 unspecified atom stereocenters. The first-order chi connectivity index (χ1) is 34.6. The van der Waals surface area contributed by atoms with Crippen LogP contribution in [-0.4, -0.2) is 58.4 Å². The number of aromatic nitrogens is 3. The second kappa shape index (κ2) is 21.4. The maximum atomic E-state index is 15.1. The van der Waals surface area contributed by atoms with Crippen LogP contribution in [0.1, 0.15) is 201 Å². The van der Waals surface area contributed by atoms with Gasteiger partial charge in [0.15, 0.2) is 11.5 Å². The molecule has 3 aromatic carbocycles. The summed E-state index contributed by atoms with van der Waals surface area (Å²) in [4.78, 5) is 48.8. The minimum absolute atomic E-state index is 0.00537. The zero-order valence-electron chi connectivity index (χ0n) is 46.4. The molecule has 0 bridgehead atoms. The van der Waals surface area contributed by atoms with Gasteiger partial charge in [0.2, 0.25) is 0 Å². The third-order valence-corrected chi connectivity index (χ3v) is 16.6. The van der Waals surface area contributed by atoms with Gasteiger partial charge >= 0.3 is 5.97 Å². The fraction of sp³-hybridized carbons (Fsp3) is 0.550. The highest BCUT2D eigenvalue weighted by atomic mass is 32.2. The van der Waals surface area contributed by atoms with Gasteiger partial charge in [-0.3, -0.25) is 24.3 Å². The molecule has 2 atom stereocenters. The smallest absolute Gasteiger partial charge is 0.343 e. The number of hydrogen-bond donors (Lipinski definition) is 2. The van der Waals surface area contributed by atoms with Crippen LogP contribution < -0.4 is 9.46 Å². The number of sulfonamides is 1. The Morgan fingerprint density at radius 3 is 2.04 bits per heavy atom. The largest absolute Gasteiger partial charge is 0.492 e. The number of imide groups is 1. The predicted octanol–water partition coefficient (Wildman–Crippen LogP) is 13.8. The molecule has 1 aliphatic carbocycles. The van der Waals surface area contributed by atoms with E-state index in [4.69, 9.17) is 14.5 Å². The summed E-state index contributed by atoms with van der Waals surface area (Å²) in [5.74, 6) is -0.853. The Morgan fingerprint density at radius 1 is 0.851 bits per heavy atom. The number of ether oxygens (including phenoxy) is 2. The summed E-state index contributed by atoms with van der Waals surface area (Å²) in [6.45, 7) is 30.1. The van der Waals surface area contributed by atoms with Gasteiger partial charge in [-0.25, -0.2) is 22.7 Å². The number of fused-ring (bicyclic) bond motifs is 2. The molecule has 1 saturated carbocycles. The first-order valence-electron chi connectivity index (χ1n) is 26.7. The number of amides is 2. The van der Waals surface area contributed by atoms with Crippen LogP contribution in [0.15, 0.2) is 65.6 Å². The SMILES string of the molecule is CCCCCCCCOc1ccc(C(C)(C)CC(C)(C)C)cc1S(=O)(=O)Nc1cc(-c2nc3c(C(=O)OC4C(C(C)(C)C)CC(C)CC4C(C)(C)C)c(C#N)c(CN4C(=O)c5ccccc5C4=O)n3[nH]2)ccc1C. The van der Waals surface area contributed by atoms with Gasteiger partial charge < -0.3 is 9.47 Å². The van der Waals surface area contributed by atoms with E-state index < -0.39 is 33.9 Å². The number of carbonyl (C=O) groups excluding carboxylic acids is 3. The minimum atomic E-state index is -4.27. The number of hydrogen-bond acceptors (Lipinski definition) is 9. The molecule has 1 aliphatic heterocycles. The molecule has 74 heavy (non-hydrogen) atoms. The number of nitriles is 1. The minimum Gasteiger partial charge on any atom is -0.492 e. The van der Waals surface area contributed by atoms with Crippen molar-refractivity contribution in [1.82, 2.24) is 19.5 Å². The molecule has 0 radical (unpaired) electrons. The van der Waals surface area contributed by atoms with Crippen LogP contribution in [0.4, 0.5) is 5.69 Å². The first-order valence-corrected chi connectivity index (χ1v) is 28.2. The van der Waals surface area contributed by atoms with Crippen LogP contribution in [0.5, 0.6) is 5.75 Å². The number of H-pyrrole nitrogens is 1. The molecule has 0 spiro atoms. The summed E-state index contributed by atoms with van der Waals surface area (Å²) < 4.78 is 47.0. The standard InChI is InChI=1S/C60H80N6O7S/c1-15-16-17-18-19-22-29-72-48-28-27-40(60(13,14)36-57(4,5)6)33-49(48)74(70,71)64-46-32-39(26-25-38(46)3)52-62-53-50(56(69)73-51-44(58(7,8)9)30-37(2)31-45(51)59(10,11)12)43(34-61)47(66(53)63-52)35-65-54(67)41-23-20-21-24-42(41)55(65)68/h20-21,23-28,32-33,37,44-45,51,64H,15-19,22,29-31,35-36H2,1-14H3,(H,62,63). The van der Waals surface area contributed by atoms with Crippen LogP contribution in [0.25, 0.3) is 17.0 Å². The molecule has 5 aromatic rings. The molecular weight excluding hydrogens is 949 g/mol. The molecule has 398 valence electrons. The van der Waals surface area contributed by atoms with Crippen LogP contribution in [-0.2, 0) is 26.7 Å². The summed E-state index contributed by atoms with van der Waals surface area (Å²) in [7, 11) is -4.27. The van der Waals surface area contributed by atoms with Gasteiger partial charge in [0.1, 0.15) is 28.4 Å². The zero-order chi connectivity index (χ0) is 54.3. The van der Waals surface area contributed by atoms with Crippen molar-refractivity contribution >= 4 is 39.1 Å². The van der Waals surface area contributed by atoms with E-state index in [1.807, 2.05) is 13.0 Å². The van der Waals surface area contributed by atoms with Crippen molar-refractivity contribution in [1.29, 1.82) is 5.26 Å². The van der Waals surface area contributed by atoms with E-state index in [0.29, 0.717) is 29.3 Å². The lowest BCUT2D eigenvalue weighted by Crippen LogP contribution is -2.49. The van der Waals surface area contributed by atoms with Gasteiger partial charge in [-0.2, -0.15) is 5.26 Å². The Bertz CT molecular complexity index is 3010. The molecule has 13 nitrogen and oxygen atoms in total. The van der Waals surface area contributed by atoms with E-state index in [1.54, 1.807) is 54.6 Å². The average Bonchev–Trinajstić information content (AvgIpc) is 3.94. The van der Waals surface area contributed by atoms with E-state index in [1.165, 1.54) is 10.9 Å². The average molecular weight is 1030 g/mol. The maximum Gasteiger partial charge on any atom is 0.343 e. The van der Waals surface area contributed by atoms with Gasteiger partial charge in [0.05, 0.1) is 41.2 Å². The quantitative estimate of drug-likeness (QED) is 0.0491. The zero-order valence-corrected chi connectivity index (χ0v) is 47.2. The molecule has 0 saturated heterocycles. The van der Waals surface area contributed by atoms with E-state index in [9.17, 15) is 23.3 Å². The highest BCUT2D eigenvalue weighted by molar-refractivity contribution is 7.92. The number of esters is 1. The van der Waals surface area contributed by atoms with Crippen molar-refractivity contribution in [3.63, 3.8) is 0 Å². The molecule has 2 amide bonds. The number of aromatic amines is 1. The summed E-state index contributed by atoms with van der Waals surface area (Å²) >= 11 is 0. The second-order valence-corrected chi connectivity index (χ2v) is 26.9. The third kappa shape index (κ3) is 11.9. The van der Waals surface area contributed by atoms with Crippen molar-refractivity contribution in [3.05, 3.63) is 99.7 Å². The molecule has 3 heterocycles. The van der Waals surface area contributed by atoms with E-state index >= 15 is 4.79 Å². The summed E-state index contributed by atoms with van der Waals surface area (Å²) in [6, 6.07) is 19.5. The number of benzene rings is 3. The molecule has 1 fully saturated rings. The summed E-state index contributed by atoms with van der Waals surface area (Å²) in [5, 5.41) is 14.2. The third-order valence-electron chi connectivity index (χ3n) is 15.3. The van der Waals surface area contributed by atoms with Crippen LogP contribution >= 0.6 is 0 Å². The number of rotatable bonds is 18. The van der Waals surface area contributed by atoms with Crippen molar-refractivity contribution in [2.75, 3.05) is 11.3 Å². The fourth-order valence-electron chi connectivity index (χ4n) is 11.6. The van der Waals surface area contributed by atoms with Crippen LogP contribution in [0.3, 0.4) is 0 Å². The second-order valence-electron chi connectivity index (χ2n) is 25.2. The van der Waals surface area contributed by atoms with Gasteiger partial charge in [-0.15, -0.1) is 0 Å². The van der Waals surface area contributed by atoms with Gasteiger partial charge in [-0.05, 0) is 102 Å². The Hall–Kier alpha value is -5.94. The van der Waals surface area contributed by atoms with Gasteiger partial charge in [-0.1, -0.05) is 152 Å². The number of unbranched alkanes of at least 4 members (excludes halogenated alkanes) is 5. The lowest BCUT2D eigenvalue weighted by molar-refractivity contribution is -0.0922. The highest BCUT2D eigenvalue weighted by Gasteiger charge is 2.49. The van der Waals surface area contributed by atoms with E-state index in [2.05, 4.69) is 106 Å². The summed E-state index contributed by atoms with van der Waals surface area (Å²) in [5.41, 5.74) is 2.03. The number of aryl methyl sites for hydroxylation is 1. The lowest BCUT2D eigenvalue weighted by Gasteiger charge is -2.50. The fourth-order valence-corrected chi connectivity index (χ4v) is 12.9. The molecule has 7 rings (SSSR count). The Balaban J connectivity index is 1.30. The number of carbonyl (C=O) groups is 3. The number of nitrogens with zero attached hydrogens (tertiary/aromatic N) is 4. The highest BCUT2D eigenvalue weighted by Crippen LogP contribution is 2.50. The molecule has 2 N–H and O–H groups in total. The Morgan fingerprint density at radius 2 is 1.46 bits per heavy atom. The van der Waals surface area contributed by atoms with Gasteiger partial charge in [0.25, 0.3) is 21.8 Å². The number of anilines is 1. The van der Waals surface area contributed by atoms with Crippen molar-refractivity contribution < 1.29 is 32.3 Å². The van der Waals surface area contributed by atoms with E-state index in [-0.39, 0.29) is 90.1 Å². The Kier molecular flexibility index (Phi) is 16.1. The molecule has 14 heteroatoms. The van der Waals surface area contributed by atoms with Gasteiger partial charge in [0, 0.05) is 17.4 Å². The molecular formula is C60H80N6O7S. The van der Waals surface area contributed by atoms with Crippen molar-refractivity contribution in [2.45, 2.75) is 178 Å². The lowest BCUT2D eigenvalue weighted by atomic mass is 9.59. The summed E-state index contributed by atoms with van der Waals surface area (Å²) in [6.07, 6.45) is 8.43. The normalized spacial score (nSPS) is 18.7. The van der Waals surface area contributed by atoms with Crippen LogP contribution in [0, 0.1) is 52.3 Å². The van der Waals surface area contributed by atoms with Crippen molar-refractivity contribution in [3.8, 4) is 23.2 Å². The van der Waals surface area contributed by atoms with Crippen LogP contribution in [0.2, 0.25) is 0 Å². The molecule has 2 aromatic heterocycles. The predicted molar refractivity (Wildman–Crippen MR) is 292 cm³/mol. The Labute approximate surface area is 440 Å². The monoisotopic (exact) mass is 1030 g/mol. The topological polar surface area (TPSA) is 176 Å².